The number of rotatable bonds is 4. The molecule has 8 heteroatoms. The second kappa shape index (κ2) is 6.76. The fourth-order valence-corrected chi connectivity index (χ4v) is 2.36. The highest BCUT2D eigenvalue weighted by molar-refractivity contribution is 6.35. The highest BCUT2D eigenvalue weighted by atomic mass is 35.5. The summed E-state index contributed by atoms with van der Waals surface area (Å²) in [5.41, 5.74) is 1.27. The number of hydrogen-bond acceptors (Lipinski definition) is 4. The molecule has 1 aromatic heterocycles. The molecule has 0 aliphatic rings. The summed E-state index contributed by atoms with van der Waals surface area (Å²) >= 11 is 11.9. The molecule has 0 spiro atoms. The van der Waals surface area contributed by atoms with Gasteiger partial charge in [0.15, 0.2) is 5.82 Å². The predicted molar refractivity (Wildman–Crippen MR) is 88.3 cm³/mol. The number of benzene rings is 2. The summed E-state index contributed by atoms with van der Waals surface area (Å²) in [6, 6.07) is 14.2. The number of tetrazole rings is 1. The van der Waals surface area contributed by atoms with Gasteiger partial charge in [-0.25, -0.2) is 4.68 Å². The van der Waals surface area contributed by atoms with Crippen LogP contribution in [0.1, 0.15) is 0 Å². The summed E-state index contributed by atoms with van der Waals surface area (Å²) in [6.07, 6.45) is 0. The summed E-state index contributed by atoms with van der Waals surface area (Å²) in [5, 5.41) is 15.0. The summed E-state index contributed by atoms with van der Waals surface area (Å²) in [5.74, 6) is 0.205. The lowest BCUT2D eigenvalue weighted by atomic mass is 10.2. The van der Waals surface area contributed by atoms with Crippen LogP contribution in [0, 0.1) is 0 Å². The molecular weight excluding hydrogens is 337 g/mol. The van der Waals surface area contributed by atoms with Crippen molar-refractivity contribution in [1.29, 1.82) is 0 Å². The molecule has 0 bridgehead atoms. The Labute approximate surface area is 142 Å². The summed E-state index contributed by atoms with van der Waals surface area (Å²) < 4.78 is 1.42. The number of carbonyl (C=O) groups is 1. The molecule has 3 aromatic rings. The van der Waals surface area contributed by atoms with Crippen LogP contribution in [-0.2, 0) is 11.3 Å². The van der Waals surface area contributed by atoms with Crippen molar-refractivity contribution in [1.82, 2.24) is 20.2 Å². The third-order valence-corrected chi connectivity index (χ3v) is 3.62. The lowest BCUT2D eigenvalue weighted by Gasteiger charge is -2.08. The van der Waals surface area contributed by atoms with E-state index in [0.717, 1.165) is 5.56 Å². The minimum Gasteiger partial charge on any atom is -0.323 e. The molecule has 0 aliphatic heterocycles. The molecule has 1 amide bonds. The fraction of sp³-hybridized carbons (Fsp3) is 0.0667. The Morgan fingerprint density at radius 1 is 1.13 bits per heavy atom. The van der Waals surface area contributed by atoms with Gasteiger partial charge in [0, 0.05) is 10.6 Å². The molecule has 0 aliphatic carbocycles. The van der Waals surface area contributed by atoms with Crippen molar-refractivity contribution in [2.75, 3.05) is 5.32 Å². The van der Waals surface area contributed by atoms with E-state index in [0.29, 0.717) is 21.6 Å². The topological polar surface area (TPSA) is 72.7 Å². The number of halogens is 2. The Morgan fingerprint density at radius 3 is 2.70 bits per heavy atom. The molecule has 3 rings (SSSR count). The van der Waals surface area contributed by atoms with Crippen LogP contribution in [0.4, 0.5) is 5.69 Å². The van der Waals surface area contributed by atoms with Crippen LogP contribution in [0.2, 0.25) is 10.0 Å². The molecule has 23 heavy (non-hydrogen) atoms. The van der Waals surface area contributed by atoms with Crippen molar-refractivity contribution >= 4 is 34.8 Å². The zero-order chi connectivity index (χ0) is 16.2. The van der Waals surface area contributed by atoms with Gasteiger partial charge in [0.1, 0.15) is 6.54 Å². The fourth-order valence-electron chi connectivity index (χ4n) is 2.02. The summed E-state index contributed by atoms with van der Waals surface area (Å²) in [4.78, 5) is 12.2. The Kier molecular flexibility index (Phi) is 4.55. The molecule has 1 heterocycles. The molecule has 0 atom stereocenters. The predicted octanol–water partition coefficient (Wildman–Crippen LogP) is 3.29. The van der Waals surface area contributed by atoms with Crippen LogP contribution >= 0.6 is 23.2 Å². The lowest BCUT2D eigenvalue weighted by molar-refractivity contribution is -0.116. The third kappa shape index (κ3) is 3.67. The zero-order valence-electron chi connectivity index (χ0n) is 11.8. The zero-order valence-corrected chi connectivity index (χ0v) is 13.3. The number of aromatic nitrogens is 4. The van der Waals surface area contributed by atoms with Crippen LogP contribution in [0.15, 0.2) is 48.5 Å². The van der Waals surface area contributed by atoms with E-state index in [4.69, 9.17) is 23.2 Å². The lowest BCUT2D eigenvalue weighted by Crippen LogP contribution is -2.20. The van der Waals surface area contributed by atoms with Crippen LogP contribution in [-0.4, -0.2) is 26.1 Å². The SMILES string of the molecule is O=C(Cn1nnnc1-c1ccccc1)Nc1cc(Cl)ccc1Cl. The Bertz CT molecular complexity index is 835. The minimum absolute atomic E-state index is 0.0416. The molecule has 0 radical (unpaired) electrons. The van der Waals surface area contributed by atoms with Gasteiger partial charge in [0.05, 0.1) is 10.7 Å². The minimum atomic E-state index is -0.307. The summed E-state index contributed by atoms with van der Waals surface area (Å²) in [7, 11) is 0. The molecule has 0 saturated carbocycles. The number of anilines is 1. The number of nitrogens with zero attached hydrogens (tertiary/aromatic N) is 4. The number of amides is 1. The smallest absolute Gasteiger partial charge is 0.246 e. The number of carbonyl (C=O) groups excluding carboxylic acids is 1. The first-order chi connectivity index (χ1) is 11.1. The Hall–Kier alpha value is -2.44. The van der Waals surface area contributed by atoms with Gasteiger partial charge >= 0.3 is 0 Å². The maximum Gasteiger partial charge on any atom is 0.246 e. The van der Waals surface area contributed by atoms with Crippen LogP contribution in [0.3, 0.4) is 0 Å². The van der Waals surface area contributed by atoms with Gasteiger partial charge in [0.25, 0.3) is 0 Å². The second-order valence-corrected chi connectivity index (χ2v) is 5.54. The van der Waals surface area contributed by atoms with Crippen molar-refractivity contribution < 1.29 is 4.79 Å². The van der Waals surface area contributed by atoms with Crippen LogP contribution < -0.4 is 5.32 Å². The first kappa shape index (κ1) is 15.5. The van der Waals surface area contributed by atoms with E-state index in [2.05, 4.69) is 20.8 Å². The Morgan fingerprint density at radius 2 is 1.91 bits per heavy atom. The van der Waals surface area contributed by atoms with Crippen molar-refractivity contribution in [2.24, 2.45) is 0 Å². The van der Waals surface area contributed by atoms with Gasteiger partial charge in [-0.05, 0) is 28.6 Å². The average molecular weight is 348 g/mol. The van der Waals surface area contributed by atoms with E-state index in [1.165, 1.54) is 4.68 Å². The van der Waals surface area contributed by atoms with Gasteiger partial charge in [-0.1, -0.05) is 53.5 Å². The van der Waals surface area contributed by atoms with Crippen molar-refractivity contribution in [2.45, 2.75) is 6.54 Å². The monoisotopic (exact) mass is 347 g/mol. The van der Waals surface area contributed by atoms with E-state index in [-0.39, 0.29) is 12.5 Å². The van der Waals surface area contributed by atoms with Crippen LogP contribution in [0.25, 0.3) is 11.4 Å². The van der Waals surface area contributed by atoms with Gasteiger partial charge in [-0.15, -0.1) is 5.10 Å². The normalized spacial score (nSPS) is 10.5. The van der Waals surface area contributed by atoms with Gasteiger partial charge in [-0.2, -0.15) is 0 Å². The van der Waals surface area contributed by atoms with Crippen molar-refractivity contribution in [3.8, 4) is 11.4 Å². The van der Waals surface area contributed by atoms with Crippen LogP contribution in [0.5, 0.6) is 0 Å². The van der Waals surface area contributed by atoms with E-state index in [1.54, 1.807) is 18.2 Å². The number of nitrogens with one attached hydrogen (secondary N) is 1. The highest BCUT2D eigenvalue weighted by Crippen LogP contribution is 2.25. The van der Waals surface area contributed by atoms with Gasteiger partial charge in [-0.3, -0.25) is 4.79 Å². The summed E-state index contributed by atoms with van der Waals surface area (Å²) in [6.45, 7) is -0.0416. The van der Waals surface area contributed by atoms with Crippen molar-refractivity contribution in [3.05, 3.63) is 58.6 Å². The quantitative estimate of drug-likeness (QED) is 0.785. The van der Waals surface area contributed by atoms with E-state index in [9.17, 15) is 4.79 Å². The third-order valence-electron chi connectivity index (χ3n) is 3.06. The van der Waals surface area contributed by atoms with E-state index >= 15 is 0 Å². The maximum atomic E-state index is 12.2. The molecule has 2 aromatic carbocycles. The second-order valence-electron chi connectivity index (χ2n) is 4.70. The van der Waals surface area contributed by atoms with E-state index in [1.807, 2.05) is 30.3 Å². The molecule has 0 fully saturated rings. The molecule has 0 unspecified atom stereocenters. The first-order valence-corrected chi connectivity index (χ1v) is 7.45. The highest BCUT2D eigenvalue weighted by Gasteiger charge is 2.13. The molecule has 1 N–H and O–H groups in total. The molecule has 6 nitrogen and oxygen atoms in total. The number of hydrogen-bond donors (Lipinski definition) is 1. The largest absolute Gasteiger partial charge is 0.323 e. The first-order valence-electron chi connectivity index (χ1n) is 6.70. The van der Waals surface area contributed by atoms with Crippen molar-refractivity contribution in [3.63, 3.8) is 0 Å². The molecule has 116 valence electrons. The van der Waals surface area contributed by atoms with Gasteiger partial charge < -0.3 is 5.32 Å². The molecule has 0 saturated heterocycles. The maximum absolute atomic E-state index is 12.2. The Balaban J connectivity index is 1.77. The van der Waals surface area contributed by atoms with Gasteiger partial charge in [0.2, 0.25) is 5.91 Å². The standard InChI is InChI=1S/C15H11Cl2N5O/c16-11-6-7-12(17)13(8-11)18-14(23)9-22-15(19-20-21-22)10-4-2-1-3-5-10/h1-8H,9H2,(H,18,23). The molecular formula is C15H11Cl2N5O. The van der Waals surface area contributed by atoms with E-state index < -0.39 is 0 Å². The average Bonchev–Trinajstić information content (AvgIpc) is 3.00.